The summed E-state index contributed by atoms with van der Waals surface area (Å²) in [6.07, 6.45) is 1.07. The van der Waals surface area contributed by atoms with Gasteiger partial charge in [0.1, 0.15) is 5.75 Å². The van der Waals surface area contributed by atoms with E-state index < -0.39 is 0 Å². The van der Waals surface area contributed by atoms with E-state index in [1.165, 1.54) is 5.56 Å². The highest BCUT2D eigenvalue weighted by molar-refractivity contribution is 7.99. The summed E-state index contributed by atoms with van der Waals surface area (Å²) in [5, 5.41) is 15.6. The number of hydrogen-bond acceptors (Lipinski definition) is 6. The van der Waals surface area contributed by atoms with Gasteiger partial charge in [-0.25, -0.2) is 4.68 Å². The van der Waals surface area contributed by atoms with Gasteiger partial charge in [-0.05, 0) is 41.1 Å². The van der Waals surface area contributed by atoms with Crippen molar-refractivity contribution in [1.29, 1.82) is 0 Å². The van der Waals surface area contributed by atoms with Gasteiger partial charge in [0.25, 0.3) is 0 Å². The Kier molecular flexibility index (Phi) is 8.11. The van der Waals surface area contributed by atoms with Crippen molar-refractivity contribution in [3.05, 3.63) is 29.8 Å². The first-order valence-electron chi connectivity index (χ1n) is 6.48. The van der Waals surface area contributed by atoms with Crippen LogP contribution in [0.15, 0.2) is 29.4 Å². The summed E-state index contributed by atoms with van der Waals surface area (Å²) in [6, 6.07) is 8.10. The number of nitrogens with zero attached hydrogens (tertiary/aromatic N) is 4. The molecule has 1 N–H and O–H groups in total. The van der Waals surface area contributed by atoms with E-state index in [0.29, 0.717) is 0 Å². The second kappa shape index (κ2) is 9.59. The number of aryl methyl sites for hydroxylation is 1. The normalized spacial score (nSPS) is 10.2. The Balaban J connectivity index is 0.00000220. The minimum Gasteiger partial charge on any atom is -0.497 e. The van der Waals surface area contributed by atoms with Crippen LogP contribution in [0.1, 0.15) is 12.0 Å². The van der Waals surface area contributed by atoms with Crippen LogP contribution in [0.2, 0.25) is 0 Å². The van der Waals surface area contributed by atoms with Gasteiger partial charge in [0.15, 0.2) is 0 Å². The van der Waals surface area contributed by atoms with Gasteiger partial charge in [-0.15, -0.1) is 17.5 Å². The third kappa shape index (κ3) is 5.91. The minimum absolute atomic E-state index is 0. The smallest absolute Gasteiger partial charge is 0.209 e. The van der Waals surface area contributed by atoms with Crippen molar-refractivity contribution >= 4 is 24.2 Å². The third-order valence-corrected chi connectivity index (χ3v) is 3.87. The van der Waals surface area contributed by atoms with Crippen LogP contribution in [0, 0.1) is 0 Å². The van der Waals surface area contributed by atoms with Crippen LogP contribution in [-0.2, 0) is 13.6 Å². The molecule has 0 bridgehead atoms. The molecule has 8 heteroatoms. The van der Waals surface area contributed by atoms with Crippen LogP contribution in [0.4, 0.5) is 0 Å². The van der Waals surface area contributed by atoms with Gasteiger partial charge < -0.3 is 10.1 Å². The Labute approximate surface area is 135 Å². The molecule has 0 saturated heterocycles. The lowest BCUT2D eigenvalue weighted by Gasteiger charge is -2.06. The first kappa shape index (κ1) is 17.7. The zero-order chi connectivity index (χ0) is 14.2. The van der Waals surface area contributed by atoms with Crippen LogP contribution < -0.4 is 10.1 Å². The number of rotatable bonds is 8. The fourth-order valence-electron chi connectivity index (χ4n) is 1.72. The average molecular weight is 330 g/mol. The van der Waals surface area contributed by atoms with E-state index in [4.69, 9.17) is 4.74 Å². The highest BCUT2D eigenvalue weighted by atomic mass is 35.5. The first-order chi connectivity index (χ1) is 9.79. The summed E-state index contributed by atoms with van der Waals surface area (Å²) in [6.45, 7) is 1.82. The van der Waals surface area contributed by atoms with Gasteiger partial charge >= 0.3 is 0 Å². The highest BCUT2D eigenvalue weighted by Crippen LogP contribution is 2.13. The van der Waals surface area contributed by atoms with Crippen LogP contribution in [0.25, 0.3) is 0 Å². The number of halogens is 1. The molecule has 0 saturated carbocycles. The van der Waals surface area contributed by atoms with E-state index in [2.05, 4.69) is 26.9 Å². The fraction of sp³-hybridized carbons (Fsp3) is 0.462. The quantitative estimate of drug-likeness (QED) is 0.589. The SMILES string of the molecule is COc1cccc(CNCCCSc2nnnn2C)c1.Cl. The maximum Gasteiger partial charge on any atom is 0.209 e. The Morgan fingerprint density at radius 3 is 2.95 bits per heavy atom. The molecule has 0 aliphatic heterocycles. The van der Waals surface area contributed by atoms with Crippen molar-refractivity contribution in [3.8, 4) is 5.75 Å². The lowest BCUT2D eigenvalue weighted by Crippen LogP contribution is -2.15. The molecule has 1 heterocycles. The summed E-state index contributed by atoms with van der Waals surface area (Å²) in [4.78, 5) is 0. The molecule has 0 aliphatic carbocycles. The molecule has 1 aromatic carbocycles. The molecule has 21 heavy (non-hydrogen) atoms. The van der Waals surface area contributed by atoms with Crippen LogP contribution in [0.5, 0.6) is 5.75 Å². The molecule has 0 spiro atoms. The Morgan fingerprint density at radius 2 is 2.24 bits per heavy atom. The van der Waals surface area contributed by atoms with E-state index in [1.54, 1.807) is 23.6 Å². The third-order valence-electron chi connectivity index (χ3n) is 2.77. The molecule has 0 amide bonds. The van der Waals surface area contributed by atoms with Gasteiger partial charge in [-0.1, -0.05) is 23.9 Å². The molecule has 116 valence electrons. The second-order valence-electron chi connectivity index (χ2n) is 4.32. The van der Waals surface area contributed by atoms with Crippen LogP contribution in [-0.4, -0.2) is 39.6 Å². The van der Waals surface area contributed by atoms with Crippen LogP contribution >= 0.6 is 24.2 Å². The number of ether oxygens (including phenoxy) is 1. The lowest BCUT2D eigenvalue weighted by atomic mass is 10.2. The van der Waals surface area contributed by atoms with E-state index in [-0.39, 0.29) is 12.4 Å². The maximum absolute atomic E-state index is 5.20. The predicted octanol–water partition coefficient (Wildman–Crippen LogP) is 1.91. The van der Waals surface area contributed by atoms with E-state index >= 15 is 0 Å². The van der Waals surface area contributed by atoms with Crippen LogP contribution in [0.3, 0.4) is 0 Å². The van der Waals surface area contributed by atoms with Gasteiger partial charge in [-0.2, -0.15) is 0 Å². The van der Waals surface area contributed by atoms with Crippen molar-refractivity contribution in [2.24, 2.45) is 7.05 Å². The molecule has 2 aromatic rings. The number of benzene rings is 1. The molecule has 0 radical (unpaired) electrons. The minimum atomic E-state index is 0. The zero-order valence-electron chi connectivity index (χ0n) is 12.2. The summed E-state index contributed by atoms with van der Waals surface area (Å²) in [5.41, 5.74) is 1.23. The number of nitrogens with one attached hydrogen (secondary N) is 1. The Bertz CT molecular complexity index is 537. The molecule has 0 aliphatic rings. The zero-order valence-corrected chi connectivity index (χ0v) is 13.8. The number of thioether (sulfide) groups is 1. The average Bonchev–Trinajstić information content (AvgIpc) is 2.88. The second-order valence-corrected chi connectivity index (χ2v) is 5.38. The van der Waals surface area contributed by atoms with Crippen molar-refractivity contribution in [1.82, 2.24) is 25.5 Å². The molecule has 2 rings (SSSR count). The number of aromatic nitrogens is 4. The van der Waals surface area contributed by atoms with Gasteiger partial charge in [0.05, 0.1) is 7.11 Å². The van der Waals surface area contributed by atoms with Crippen molar-refractivity contribution in [2.45, 2.75) is 18.1 Å². The number of methoxy groups -OCH3 is 1. The maximum atomic E-state index is 5.20. The first-order valence-corrected chi connectivity index (χ1v) is 7.47. The number of tetrazole rings is 1. The number of hydrogen-bond donors (Lipinski definition) is 1. The lowest BCUT2D eigenvalue weighted by molar-refractivity contribution is 0.414. The fourth-order valence-corrected chi connectivity index (χ4v) is 2.51. The topological polar surface area (TPSA) is 64.9 Å². The molecule has 0 unspecified atom stereocenters. The van der Waals surface area contributed by atoms with E-state index in [0.717, 1.165) is 36.2 Å². The van der Waals surface area contributed by atoms with Gasteiger partial charge in [-0.3, -0.25) is 0 Å². The largest absolute Gasteiger partial charge is 0.497 e. The van der Waals surface area contributed by atoms with Gasteiger partial charge in [0.2, 0.25) is 5.16 Å². The molecule has 1 aromatic heterocycles. The summed E-state index contributed by atoms with van der Waals surface area (Å²) < 4.78 is 6.89. The summed E-state index contributed by atoms with van der Waals surface area (Å²) in [7, 11) is 3.54. The van der Waals surface area contributed by atoms with E-state index in [9.17, 15) is 0 Å². The molecule has 0 atom stereocenters. The standard InChI is InChI=1S/C13H19N5OS.ClH/c1-18-13(15-16-17-18)20-8-4-7-14-10-11-5-3-6-12(9-11)19-2;/h3,5-6,9,14H,4,7-8,10H2,1-2H3;1H. The Hall–Kier alpha value is -1.31. The summed E-state index contributed by atoms with van der Waals surface area (Å²) in [5.74, 6) is 1.90. The predicted molar refractivity (Wildman–Crippen MR) is 86.1 cm³/mol. The van der Waals surface area contributed by atoms with Gasteiger partial charge in [0, 0.05) is 19.3 Å². The molecular formula is C13H20ClN5OS. The summed E-state index contributed by atoms with van der Waals surface area (Å²) >= 11 is 1.67. The Morgan fingerprint density at radius 1 is 1.38 bits per heavy atom. The van der Waals surface area contributed by atoms with Crippen molar-refractivity contribution in [3.63, 3.8) is 0 Å². The van der Waals surface area contributed by atoms with Crippen molar-refractivity contribution < 1.29 is 4.74 Å². The van der Waals surface area contributed by atoms with E-state index in [1.807, 2.05) is 25.2 Å². The van der Waals surface area contributed by atoms with Crippen molar-refractivity contribution in [2.75, 3.05) is 19.4 Å². The monoisotopic (exact) mass is 329 g/mol. The highest BCUT2D eigenvalue weighted by Gasteiger charge is 2.01. The molecule has 0 fully saturated rings. The molecular weight excluding hydrogens is 310 g/mol. The molecule has 6 nitrogen and oxygen atoms in total.